The van der Waals surface area contributed by atoms with Gasteiger partial charge in [-0.3, -0.25) is 4.79 Å². The molecule has 1 aliphatic rings. The van der Waals surface area contributed by atoms with Crippen LogP contribution in [0.5, 0.6) is 0 Å². The van der Waals surface area contributed by atoms with Gasteiger partial charge >= 0.3 is 6.18 Å². The number of rotatable bonds is 5. The predicted octanol–water partition coefficient (Wildman–Crippen LogP) is 6.07. The van der Waals surface area contributed by atoms with Gasteiger partial charge in [0.05, 0.1) is 10.9 Å². The normalized spacial score (nSPS) is 14.4. The van der Waals surface area contributed by atoms with Crippen LogP contribution >= 0.6 is 11.3 Å². The number of hydrogen-bond donors (Lipinski definition) is 0. The van der Waals surface area contributed by atoms with E-state index >= 15 is 0 Å². The Balaban J connectivity index is 1.33. The van der Waals surface area contributed by atoms with Crippen molar-refractivity contribution in [3.63, 3.8) is 0 Å². The van der Waals surface area contributed by atoms with Gasteiger partial charge in [0.2, 0.25) is 0 Å². The number of alkyl halides is 3. The summed E-state index contributed by atoms with van der Waals surface area (Å²) in [4.78, 5) is 28.9. The third kappa shape index (κ3) is 5.32. The number of nitrogens with zero attached hydrogens (tertiary/aromatic N) is 4. The molecule has 37 heavy (non-hydrogen) atoms. The minimum absolute atomic E-state index is 0.257. The molecule has 5 nitrogen and oxygen atoms in total. The van der Waals surface area contributed by atoms with Crippen molar-refractivity contribution in [3.05, 3.63) is 87.6 Å². The molecule has 0 N–H and O–H groups in total. The van der Waals surface area contributed by atoms with E-state index in [-0.39, 0.29) is 11.5 Å². The molecule has 0 radical (unpaired) electrons. The molecule has 0 bridgehead atoms. The number of anilines is 1. The number of amides is 1. The summed E-state index contributed by atoms with van der Waals surface area (Å²) >= 11 is 1.68. The number of hydrogen-bond acceptors (Lipinski definition) is 5. The largest absolute Gasteiger partial charge is 0.416 e. The van der Waals surface area contributed by atoms with Gasteiger partial charge in [0.25, 0.3) is 5.91 Å². The quantitative estimate of drug-likeness (QED) is 0.318. The Bertz CT molecular complexity index is 1410. The average molecular weight is 525 g/mol. The topological polar surface area (TPSA) is 49.3 Å². The SMILES string of the molecule is Cc1sc2nc(CCc3ccccc3)nc(N3CCN(C(=O)c4ccc(C(F)(F)F)cc4)CC3)c2c1C. The van der Waals surface area contributed by atoms with Crippen LogP contribution < -0.4 is 4.90 Å². The van der Waals surface area contributed by atoms with E-state index in [4.69, 9.17) is 9.97 Å². The molecule has 0 spiro atoms. The van der Waals surface area contributed by atoms with Gasteiger partial charge in [-0.05, 0) is 55.7 Å². The highest BCUT2D eigenvalue weighted by atomic mass is 32.1. The molecule has 0 unspecified atom stereocenters. The number of aryl methyl sites for hydroxylation is 4. The van der Waals surface area contributed by atoms with Crippen molar-refractivity contribution in [2.75, 3.05) is 31.1 Å². The number of benzene rings is 2. The van der Waals surface area contributed by atoms with Crippen molar-refractivity contribution in [2.24, 2.45) is 0 Å². The van der Waals surface area contributed by atoms with Crippen molar-refractivity contribution in [1.82, 2.24) is 14.9 Å². The number of fused-ring (bicyclic) bond motifs is 1. The molecule has 4 aromatic rings. The van der Waals surface area contributed by atoms with Crippen LogP contribution in [0.4, 0.5) is 19.0 Å². The van der Waals surface area contributed by atoms with Crippen LogP contribution in [0.3, 0.4) is 0 Å². The summed E-state index contributed by atoms with van der Waals surface area (Å²) in [6.07, 6.45) is -2.84. The summed E-state index contributed by atoms with van der Waals surface area (Å²) in [7, 11) is 0. The molecule has 0 aliphatic carbocycles. The van der Waals surface area contributed by atoms with Gasteiger partial charge in [-0.25, -0.2) is 9.97 Å². The highest BCUT2D eigenvalue weighted by Crippen LogP contribution is 2.36. The van der Waals surface area contributed by atoms with Gasteiger partial charge in [-0.1, -0.05) is 30.3 Å². The highest BCUT2D eigenvalue weighted by molar-refractivity contribution is 7.18. The third-order valence-corrected chi connectivity index (χ3v) is 7.96. The van der Waals surface area contributed by atoms with Crippen LogP contribution in [0.2, 0.25) is 0 Å². The molecular formula is C28H27F3N4OS. The minimum Gasteiger partial charge on any atom is -0.352 e. The number of piperazine rings is 1. The second-order valence-electron chi connectivity index (χ2n) is 9.27. The number of thiophene rings is 1. The zero-order valence-corrected chi connectivity index (χ0v) is 21.5. The van der Waals surface area contributed by atoms with Crippen LogP contribution in [0.15, 0.2) is 54.6 Å². The van der Waals surface area contributed by atoms with Gasteiger partial charge in [-0.2, -0.15) is 13.2 Å². The fourth-order valence-electron chi connectivity index (χ4n) is 4.62. The third-order valence-electron chi connectivity index (χ3n) is 6.86. The first-order valence-corrected chi connectivity index (χ1v) is 13.0. The lowest BCUT2D eigenvalue weighted by atomic mass is 10.1. The standard InChI is InChI=1S/C28H27F3N4OS/c1-18-19(2)37-26-24(18)25(32-23(33-26)13-8-20-6-4-3-5-7-20)34-14-16-35(17-15-34)27(36)21-9-11-22(12-10-21)28(29,30)31/h3-7,9-12H,8,13-17H2,1-2H3. The Morgan fingerprint density at radius 3 is 2.24 bits per heavy atom. The second-order valence-corrected chi connectivity index (χ2v) is 10.5. The van der Waals surface area contributed by atoms with Crippen LogP contribution in [0.25, 0.3) is 10.2 Å². The predicted molar refractivity (Wildman–Crippen MR) is 140 cm³/mol. The van der Waals surface area contributed by atoms with Crippen LogP contribution in [-0.4, -0.2) is 47.0 Å². The minimum atomic E-state index is -4.42. The lowest BCUT2D eigenvalue weighted by Gasteiger charge is -2.36. The molecule has 1 saturated heterocycles. The average Bonchev–Trinajstić information content (AvgIpc) is 3.20. The van der Waals surface area contributed by atoms with Gasteiger partial charge in [0.15, 0.2) is 0 Å². The van der Waals surface area contributed by atoms with E-state index in [1.165, 1.54) is 28.1 Å². The first-order valence-electron chi connectivity index (χ1n) is 12.2. The molecule has 0 saturated carbocycles. The fraction of sp³-hybridized carbons (Fsp3) is 0.321. The Labute approximate surface area is 217 Å². The van der Waals surface area contributed by atoms with Gasteiger partial charge in [0, 0.05) is 43.0 Å². The maximum Gasteiger partial charge on any atom is 0.416 e. The monoisotopic (exact) mass is 524 g/mol. The molecule has 3 heterocycles. The molecule has 192 valence electrons. The van der Waals surface area contributed by atoms with Crippen molar-refractivity contribution in [1.29, 1.82) is 0 Å². The number of halogens is 3. The molecule has 5 rings (SSSR count). The molecule has 1 aliphatic heterocycles. The molecule has 9 heteroatoms. The number of carbonyl (C=O) groups excluding carboxylic acids is 1. The van der Waals surface area contributed by atoms with E-state index in [9.17, 15) is 18.0 Å². The molecule has 2 aromatic carbocycles. The molecule has 1 fully saturated rings. The molecule has 0 atom stereocenters. The van der Waals surface area contributed by atoms with E-state index in [1.807, 2.05) is 18.2 Å². The molecule has 1 amide bonds. The summed E-state index contributed by atoms with van der Waals surface area (Å²) in [5.74, 6) is 1.44. The van der Waals surface area contributed by atoms with Crippen LogP contribution in [-0.2, 0) is 19.0 Å². The first-order chi connectivity index (χ1) is 17.7. The summed E-state index contributed by atoms with van der Waals surface area (Å²) in [6, 6.07) is 14.7. The van der Waals surface area contributed by atoms with Crippen molar-refractivity contribution >= 4 is 33.3 Å². The zero-order chi connectivity index (χ0) is 26.2. The van der Waals surface area contributed by atoms with Crippen molar-refractivity contribution in [3.8, 4) is 0 Å². The highest BCUT2D eigenvalue weighted by Gasteiger charge is 2.31. The molecular weight excluding hydrogens is 497 g/mol. The van der Waals surface area contributed by atoms with Gasteiger partial charge in [-0.15, -0.1) is 11.3 Å². The Morgan fingerprint density at radius 2 is 1.59 bits per heavy atom. The van der Waals surface area contributed by atoms with Crippen molar-refractivity contribution < 1.29 is 18.0 Å². The van der Waals surface area contributed by atoms with E-state index in [1.54, 1.807) is 16.2 Å². The van der Waals surface area contributed by atoms with Gasteiger partial charge < -0.3 is 9.80 Å². The maximum atomic E-state index is 12.9. The Hall–Kier alpha value is -3.46. The van der Waals surface area contributed by atoms with Gasteiger partial charge in [0.1, 0.15) is 16.5 Å². The second kappa shape index (κ2) is 10.1. The Kier molecular flexibility index (Phi) is 6.90. The van der Waals surface area contributed by atoms with E-state index in [2.05, 4.69) is 30.9 Å². The fourth-order valence-corrected chi connectivity index (χ4v) is 5.66. The lowest BCUT2D eigenvalue weighted by Crippen LogP contribution is -2.49. The lowest BCUT2D eigenvalue weighted by molar-refractivity contribution is -0.137. The molecule has 2 aromatic heterocycles. The summed E-state index contributed by atoms with van der Waals surface area (Å²) < 4.78 is 38.6. The summed E-state index contributed by atoms with van der Waals surface area (Å²) in [5.41, 5.74) is 1.92. The van der Waals surface area contributed by atoms with Crippen LogP contribution in [0.1, 0.15) is 37.7 Å². The Morgan fingerprint density at radius 1 is 0.919 bits per heavy atom. The summed E-state index contributed by atoms with van der Waals surface area (Å²) in [5, 5.41) is 1.06. The van der Waals surface area contributed by atoms with Crippen LogP contribution in [0, 0.1) is 13.8 Å². The summed E-state index contributed by atoms with van der Waals surface area (Å²) in [6.45, 7) is 6.29. The van der Waals surface area contributed by atoms with E-state index < -0.39 is 11.7 Å². The van der Waals surface area contributed by atoms with Crippen molar-refractivity contribution in [2.45, 2.75) is 32.9 Å². The number of carbonyl (C=O) groups is 1. The van der Waals surface area contributed by atoms with E-state index in [0.717, 1.165) is 46.8 Å². The smallest absolute Gasteiger partial charge is 0.352 e. The van der Waals surface area contributed by atoms with E-state index in [0.29, 0.717) is 26.2 Å². The number of aromatic nitrogens is 2. The first kappa shape index (κ1) is 25.2. The zero-order valence-electron chi connectivity index (χ0n) is 20.7. The maximum absolute atomic E-state index is 12.9.